The number of likely N-dealkylation sites (tertiary alicyclic amines) is 1. The number of carboxylic acids is 1. The fourth-order valence-electron chi connectivity index (χ4n) is 2.91. The third kappa shape index (κ3) is 2.93. The van der Waals surface area contributed by atoms with Gasteiger partial charge in [0.05, 0.1) is 16.9 Å². The lowest BCUT2D eigenvalue weighted by Crippen LogP contribution is -2.45. The summed E-state index contributed by atoms with van der Waals surface area (Å²) >= 11 is 1.47. The maximum atomic E-state index is 12.5. The fraction of sp³-hybridized carbons (Fsp3) is 0.438. The van der Waals surface area contributed by atoms with Crippen LogP contribution in [-0.4, -0.2) is 53.2 Å². The number of amides is 2. The molecule has 0 aromatic heterocycles. The van der Waals surface area contributed by atoms with Crippen molar-refractivity contribution in [2.75, 3.05) is 30.3 Å². The molecule has 1 fully saturated rings. The summed E-state index contributed by atoms with van der Waals surface area (Å²) in [5, 5.41) is 9.26. The zero-order valence-electron chi connectivity index (χ0n) is 12.8. The van der Waals surface area contributed by atoms with Crippen molar-refractivity contribution in [3.8, 4) is 0 Å². The molecule has 3 rings (SSSR count). The normalized spacial score (nSPS) is 23.8. The Morgan fingerprint density at radius 2 is 2.09 bits per heavy atom. The summed E-state index contributed by atoms with van der Waals surface area (Å²) in [6.07, 6.45) is 0.439. The van der Waals surface area contributed by atoms with E-state index >= 15 is 0 Å². The lowest BCUT2D eigenvalue weighted by Gasteiger charge is -2.30. The molecule has 0 bridgehead atoms. The molecule has 1 unspecified atom stereocenters. The zero-order valence-corrected chi connectivity index (χ0v) is 13.6. The first-order chi connectivity index (χ1) is 10.9. The summed E-state index contributed by atoms with van der Waals surface area (Å²) in [7, 11) is 0. The number of carbonyl (C=O) groups excluding carboxylic acids is 2. The average Bonchev–Trinajstić information content (AvgIpc) is 2.94. The Bertz CT molecular complexity index is 678. The van der Waals surface area contributed by atoms with Crippen LogP contribution in [0, 0.1) is 5.41 Å². The molecule has 2 aliphatic heterocycles. The van der Waals surface area contributed by atoms with Crippen molar-refractivity contribution in [1.82, 2.24) is 4.90 Å². The highest BCUT2D eigenvalue weighted by Crippen LogP contribution is 2.35. The Hall–Kier alpha value is -2.02. The number of carboxylic acid groups (broad SMARTS) is 1. The van der Waals surface area contributed by atoms with Crippen molar-refractivity contribution in [2.45, 2.75) is 18.2 Å². The molecule has 0 saturated carbocycles. The van der Waals surface area contributed by atoms with E-state index in [9.17, 15) is 19.5 Å². The van der Waals surface area contributed by atoms with Crippen molar-refractivity contribution in [3.05, 3.63) is 24.3 Å². The molecule has 23 heavy (non-hydrogen) atoms. The predicted octanol–water partition coefficient (Wildman–Crippen LogP) is 1.45. The van der Waals surface area contributed by atoms with E-state index in [1.165, 1.54) is 16.7 Å². The number of anilines is 1. The van der Waals surface area contributed by atoms with Gasteiger partial charge in [-0.1, -0.05) is 12.1 Å². The highest BCUT2D eigenvalue weighted by atomic mass is 32.2. The number of carbonyl (C=O) groups is 3. The second-order valence-electron chi connectivity index (χ2n) is 6.17. The number of fused-ring (bicyclic) bond motifs is 1. The molecule has 0 aliphatic carbocycles. The number of aliphatic carboxylic acids is 1. The van der Waals surface area contributed by atoms with Crippen molar-refractivity contribution in [3.63, 3.8) is 0 Å². The molecule has 1 atom stereocenters. The predicted molar refractivity (Wildman–Crippen MR) is 86.5 cm³/mol. The molecule has 6 nitrogen and oxygen atoms in total. The van der Waals surface area contributed by atoms with Crippen LogP contribution in [0.4, 0.5) is 5.69 Å². The second kappa shape index (κ2) is 5.88. The molecule has 0 radical (unpaired) electrons. The van der Waals surface area contributed by atoms with E-state index in [1.54, 1.807) is 11.8 Å². The Kier molecular flexibility index (Phi) is 4.06. The SMILES string of the molecule is CC1(C(=O)O)CCN(C(=O)CN2C(=O)CSc3ccccc32)C1. The summed E-state index contributed by atoms with van der Waals surface area (Å²) < 4.78 is 0. The van der Waals surface area contributed by atoms with Gasteiger partial charge in [-0.25, -0.2) is 0 Å². The number of rotatable bonds is 3. The summed E-state index contributed by atoms with van der Waals surface area (Å²) in [4.78, 5) is 40.0. The van der Waals surface area contributed by atoms with Crippen LogP contribution in [-0.2, 0) is 14.4 Å². The first kappa shape index (κ1) is 15.9. The molecule has 1 aromatic carbocycles. The minimum absolute atomic E-state index is 0.0356. The van der Waals surface area contributed by atoms with Crippen LogP contribution in [0.1, 0.15) is 13.3 Å². The van der Waals surface area contributed by atoms with Crippen LogP contribution < -0.4 is 4.90 Å². The second-order valence-corrected chi connectivity index (χ2v) is 7.18. The zero-order chi connectivity index (χ0) is 16.6. The van der Waals surface area contributed by atoms with Gasteiger partial charge in [-0.2, -0.15) is 0 Å². The quantitative estimate of drug-likeness (QED) is 0.905. The third-order valence-corrected chi connectivity index (χ3v) is 5.49. The van der Waals surface area contributed by atoms with E-state index in [0.717, 1.165) is 10.6 Å². The summed E-state index contributed by atoms with van der Waals surface area (Å²) in [5.41, 5.74) is -0.141. The molecule has 0 spiro atoms. The minimum Gasteiger partial charge on any atom is -0.481 e. The van der Waals surface area contributed by atoms with Crippen LogP contribution in [0.5, 0.6) is 0 Å². The van der Waals surface area contributed by atoms with Gasteiger partial charge in [0, 0.05) is 18.0 Å². The number of hydrogen-bond donors (Lipinski definition) is 1. The average molecular weight is 334 g/mol. The lowest BCUT2D eigenvalue weighted by atomic mass is 9.90. The highest BCUT2D eigenvalue weighted by Gasteiger charge is 2.42. The van der Waals surface area contributed by atoms with E-state index < -0.39 is 11.4 Å². The van der Waals surface area contributed by atoms with Crippen LogP contribution in [0.3, 0.4) is 0 Å². The van der Waals surface area contributed by atoms with Gasteiger partial charge in [0.2, 0.25) is 11.8 Å². The van der Waals surface area contributed by atoms with Crippen molar-refractivity contribution < 1.29 is 19.5 Å². The molecule has 1 N–H and O–H groups in total. The van der Waals surface area contributed by atoms with Gasteiger partial charge in [0.1, 0.15) is 6.54 Å². The summed E-state index contributed by atoms with van der Waals surface area (Å²) in [6.45, 7) is 2.23. The van der Waals surface area contributed by atoms with Crippen LogP contribution in [0.15, 0.2) is 29.2 Å². The molecule has 2 heterocycles. The Labute approximate surface area is 138 Å². The first-order valence-electron chi connectivity index (χ1n) is 7.44. The van der Waals surface area contributed by atoms with E-state index in [4.69, 9.17) is 0 Å². The van der Waals surface area contributed by atoms with E-state index in [-0.39, 0.29) is 24.9 Å². The fourth-order valence-corrected chi connectivity index (χ4v) is 3.85. The highest BCUT2D eigenvalue weighted by molar-refractivity contribution is 8.00. The Morgan fingerprint density at radius 3 is 2.78 bits per heavy atom. The van der Waals surface area contributed by atoms with Gasteiger partial charge < -0.3 is 14.9 Å². The van der Waals surface area contributed by atoms with E-state index in [1.807, 2.05) is 24.3 Å². The van der Waals surface area contributed by atoms with Gasteiger partial charge in [-0.3, -0.25) is 14.4 Å². The number of thioether (sulfide) groups is 1. The van der Waals surface area contributed by atoms with Gasteiger partial charge in [-0.05, 0) is 25.5 Å². The number of nitrogens with zero attached hydrogens (tertiary/aromatic N) is 2. The standard InChI is InChI=1S/C16H18N2O4S/c1-16(15(21)22)6-7-17(10-16)13(19)8-18-11-4-2-3-5-12(11)23-9-14(18)20/h2-5H,6-10H2,1H3,(H,21,22). The summed E-state index contributed by atoms with van der Waals surface area (Å²) in [6, 6.07) is 7.51. The van der Waals surface area contributed by atoms with Crippen molar-refractivity contribution in [1.29, 1.82) is 0 Å². The van der Waals surface area contributed by atoms with E-state index in [0.29, 0.717) is 18.7 Å². The van der Waals surface area contributed by atoms with Crippen LogP contribution in [0.2, 0.25) is 0 Å². The topological polar surface area (TPSA) is 77.9 Å². The van der Waals surface area contributed by atoms with Gasteiger partial charge >= 0.3 is 5.97 Å². The largest absolute Gasteiger partial charge is 0.481 e. The van der Waals surface area contributed by atoms with Crippen LogP contribution >= 0.6 is 11.8 Å². The van der Waals surface area contributed by atoms with Gasteiger partial charge in [0.25, 0.3) is 0 Å². The number of para-hydroxylation sites is 1. The Morgan fingerprint density at radius 1 is 1.35 bits per heavy atom. The maximum absolute atomic E-state index is 12.5. The monoisotopic (exact) mass is 334 g/mol. The molecular formula is C16H18N2O4S. The molecule has 1 aromatic rings. The molecule has 7 heteroatoms. The summed E-state index contributed by atoms with van der Waals surface area (Å²) in [5.74, 6) is -0.868. The molecule has 1 saturated heterocycles. The molecule has 122 valence electrons. The lowest BCUT2D eigenvalue weighted by molar-refractivity contribution is -0.147. The van der Waals surface area contributed by atoms with Crippen LogP contribution in [0.25, 0.3) is 0 Å². The van der Waals surface area contributed by atoms with E-state index in [2.05, 4.69) is 0 Å². The maximum Gasteiger partial charge on any atom is 0.311 e. The first-order valence-corrected chi connectivity index (χ1v) is 8.43. The Balaban J connectivity index is 1.74. The molecular weight excluding hydrogens is 316 g/mol. The third-order valence-electron chi connectivity index (χ3n) is 4.44. The minimum atomic E-state index is -0.894. The van der Waals surface area contributed by atoms with Crippen molar-refractivity contribution >= 4 is 35.2 Å². The van der Waals surface area contributed by atoms with Gasteiger partial charge in [0.15, 0.2) is 0 Å². The van der Waals surface area contributed by atoms with Crippen molar-refractivity contribution in [2.24, 2.45) is 5.41 Å². The smallest absolute Gasteiger partial charge is 0.311 e. The van der Waals surface area contributed by atoms with Gasteiger partial charge in [-0.15, -0.1) is 11.8 Å². The number of benzene rings is 1. The number of hydrogen-bond acceptors (Lipinski definition) is 4. The molecule has 2 amide bonds. The molecule has 2 aliphatic rings.